The van der Waals surface area contributed by atoms with Gasteiger partial charge in [0.25, 0.3) is 0 Å². The zero-order chi connectivity index (χ0) is 12.5. The van der Waals surface area contributed by atoms with Gasteiger partial charge in [0.05, 0.1) is 0 Å². The zero-order valence-electron chi connectivity index (χ0n) is 11.6. The molecule has 0 amide bonds. The molecule has 0 bridgehead atoms. The smallest absolute Gasteiger partial charge is 0.0338 e. The molecule has 2 rings (SSSR count). The molecule has 0 spiro atoms. The Morgan fingerprint density at radius 3 is 2.76 bits per heavy atom. The Bertz CT molecular complexity index is 259. The van der Waals surface area contributed by atoms with Crippen molar-refractivity contribution in [2.75, 3.05) is 18.8 Å². The molecule has 2 aliphatic rings. The van der Waals surface area contributed by atoms with Gasteiger partial charge in [-0.1, -0.05) is 20.3 Å². The summed E-state index contributed by atoms with van der Waals surface area (Å²) in [5, 5.41) is 0.757. The summed E-state index contributed by atoms with van der Waals surface area (Å²) in [4.78, 5) is 2.75. The van der Waals surface area contributed by atoms with Crippen molar-refractivity contribution in [1.82, 2.24) is 4.90 Å². The predicted molar refractivity (Wildman–Crippen MR) is 77.5 cm³/mol. The van der Waals surface area contributed by atoms with Gasteiger partial charge in [0.1, 0.15) is 0 Å². The Labute approximate surface area is 111 Å². The molecule has 2 nitrogen and oxygen atoms in total. The molecule has 1 aliphatic carbocycles. The summed E-state index contributed by atoms with van der Waals surface area (Å²) in [6.45, 7) is 9.19. The summed E-state index contributed by atoms with van der Waals surface area (Å²) < 4.78 is 0. The van der Waals surface area contributed by atoms with E-state index in [4.69, 9.17) is 5.73 Å². The minimum absolute atomic E-state index is 0.329. The summed E-state index contributed by atoms with van der Waals surface area (Å²) in [6, 6.07) is 0.688. The van der Waals surface area contributed by atoms with Crippen LogP contribution in [0.1, 0.15) is 46.5 Å². The van der Waals surface area contributed by atoms with E-state index in [1.807, 2.05) is 0 Å². The molecular formula is C14H28N2S. The number of nitrogens with two attached hydrogens (primary N) is 1. The van der Waals surface area contributed by atoms with Crippen LogP contribution in [0.4, 0.5) is 0 Å². The van der Waals surface area contributed by atoms with Crippen LogP contribution in [0.25, 0.3) is 0 Å². The van der Waals surface area contributed by atoms with Crippen molar-refractivity contribution in [2.45, 2.75) is 63.3 Å². The van der Waals surface area contributed by atoms with Gasteiger partial charge in [-0.15, -0.1) is 0 Å². The van der Waals surface area contributed by atoms with Gasteiger partial charge in [-0.25, -0.2) is 0 Å². The fourth-order valence-electron chi connectivity index (χ4n) is 3.73. The molecule has 4 atom stereocenters. The normalized spacial score (nSPS) is 44.1. The lowest BCUT2D eigenvalue weighted by Gasteiger charge is -2.49. The lowest BCUT2D eigenvalue weighted by Crippen LogP contribution is -2.60. The number of rotatable bonds is 3. The van der Waals surface area contributed by atoms with Gasteiger partial charge >= 0.3 is 0 Å². The number of hydrogen-bond acceptors (Lipinski definition) is 3. The van der Waals surface area contributed by atoms with E-state index < -0.39 is 0 Å². The van der Waals surface area contributed by atoms with Crippen molar-refractivity contribution in [3.63, 3.8) is 0 Å². The molecule has 0 aromatic rings. The molecule has 0 aromatic carbocycles. The lowest BCUT2D eigenvalue weighted by atomic mass is 9.90. The van der Waals surface area contributed by atoms with E-state index in [1.54, 1.807) is 0 Å². The Kier molecular flexibility index (Phi) is 4.43. The first kappa shape index (κ1) is 13.7. The van der Waals surface area contributed by atoms with Crippen molar-refractivity contribution in [2.24, 2.45) is 11.7 Å². The highest BCUT2D eigenvalue weighted by Gasteiger charge is 2.45. The van der Waals surface area contributed by atoms with E-state index in [2.05, 4.69) is 37.4 Å². The van der Waals surface area contributed by atoms with Crippen LogP contribution in [0.2, 0.25) is 0 Å². The summed E-state index contributed by atoms with van der Waals surface area (Å²) in [6.07, 6.45) is 5.37. The first-order valence-electron chi connectivity index (χ1n) is 7.21. The Morgan fingerprint density at radius 1 is 1.41 bits per heavy atom. The van der Waals surface area contributed by atoms with Crippen LogP contribution in [0.15, 0.2) is 0 Å². The van der Waals surface area contributed by atoms with Gasteiger partial charge in [-0.05, 0) is 32.1 Å². The van der Waals surface area contributed by atoms with Crippen molar-refractivity contribution in [1.29, 1.82) is 0 Å². The first-order valence-corrected chi connectivity index (χ1v) is 8.26. The highest BCUT2D eigenvalue weighted by atomic mass is 32.2. The van der Waals surface area contributed by atoms with E-state index in [0.29, 0.717) is 11.6 Å². The molecule has 3 heteroatoms. The van der Waals surface area contributed by atoms with Crippen LogP contribution in [-0.4, -0.2) is 40.6 Å². The standard InChI is InChI=1S/C14H28N2S/c1-4-13-5-6-14(9-13,10-15)16-7-8-17-12(3)11(16)2/h11-13H,4-10,15H2,1-3H3. The fourth-order valence-corrected chi connectivity index (χ4v) is 4.83. The van der Waals surface area contributed by atoms with Crippen molar-refractivity contribution in [3.05, 3.63) is 0 Å². The maximum absolute atomic E-state index is 6.18. The predicted octanol–water partition coefficient (Wildman–Crippen LogP) is 2.72. The fraction of sp³-hybridized carbons (Fsp3) is 1.00. The third kappa shape index (κ3) is 2.52. The van der Waals surface area contributed by atoms with Crippen LogP contribution >= 0.6 is 11.8 Å². The monoisotopic (exact) mass is 256 g/mol. The number of nitrogens with zero attached hydrogens (tertiary/aromatic N) is 1. The minimum Gasteiger partial charge on any atom is -0.329 e. The SMILES string of the molecule is CCC1CCC(CN)(N2CCSC(C)C2C)C1. The van der Waals surface area contributed by atoms with Gasteiger partial charge in [-0.2, -0.15) is 11.8 Å². The molecule has 1 saturated heterocycles. The average Bonchev–Trinajstić information content (AvgIpc) is 2.77. The molecule has 1 aliphatic heterocycles. The van der Waals surface area contributed by atoms with Gasteiger partial charge in [-0.3, -0.25) is 4.90 Å². The average molecular weight is 256 g/mol. The molecule has 2 N–H and O–H groups in total. The molecule has 0 aromatic heterocycles. The maximum Gasteiger partial charge on any atom is 0.0338 e. The number of hydrogen-bond donors (Lipinski definition) is 1. The zero-order valence-corrected chi connectivity index (χ0v) is 12.4. The van der Waals surface area contributed by atoms with Crippen molar-refractivity contribution < 1.29 is 0 Å². The van der Waals surface area contributed by atoms with Gasteiger partial charge in [0, 0.05) is 35.7 Å². The third-order valence-electron chi connectivity index (χ3n) is 5.14. The molecule has 2 fully saturated rings. The summed E-state index contributed by atoms with van der Waals surface area (Å²) in [5.41, 5.74) is 6.50. The van der Waals surface area contributed by atoms with Crippen molar-refractivity contribution >= 4 is 11.8 Å². The van der Waals surface area contributed by atoms with E-state index in [0.717, 1.165) is 17.7 Å². The topological polar surface area (TPSA) is 29.3 Å². The van der Waals surface area contributed by atoms with Crippen LogP contribution in [0.5, 0.6) is 0 Å². The largest absolute Gasteiger partial charge is 0.329 e. The summed E-state index contributed by atoms with van der Waals surface area (Å²) in [5.74, 6) is 2.19. The second-order valence-corrected chi connectivity index (χ2v) is 7.44. The minimum atomic E-state index is 0.329. The van der Waals surface area contributed by atoms with Gasteiger partial charge in [0.15, 0.2) is 0 Å². The Hall–Kier alpha value is 0.270. The van der Waals surface area contributed by atoms with E-state index in [9.17, 15) is 0 Å². The Morgan fingerprint density at radius 2 is 2.18 bits per heavy atom. The Balaban J connectivity index is 2.12. The lowest BCUT2D eigenvalue weighted by molar-refractivity contribution is 0.0585. The van der Waals surface area contributed by atoms with Crippen molar-refractivity contribution in [3.8, 4) is 0 Å². The molecule has 100 valence electrons. The highest BCUT2D eigenvalue weighted by Crippen LogP contribution is 2.43. The molecule has 1 saturated carbocycles. The molecular weight excluding hydrogens is 228 g/mol. The van der Waals surface area contributed by atoms with Gasteiger partial charge < -0.3 is 5.73 Å². The third-order valence-corrected chi connectivity index (χ3v) is 6.48. The highest BCUT2D eigenvalue weighted by molar-refractivity contribution is 8.00. The first-order chi connectivity index (χ1) is 8.13. The summed E-state index contributed by atoms with van der Waals surface area (Å²) in [7, 11) is 0. The maximum atomic E-state index is 6.18. The molecule has 4 unspecified atom stereocenters. The van der Waals surface area contributed by atoms with Gasteiger partial charge in [0.2, 0.25) is 0 Å². The van der Waals surface area contributed by atoms with Crippen LogP contribution in [0, 0.1) is 5.92 Å². The van der Waals surface area contributed by atoms with E-state index in [-0.39, 0.29) is 0 Å². The molecule has 0 radical (unpaired) electrons. The van der Waals surface area contributed by atoms with Crippen LogP contribution < -0.4 is 5.73 Å². The summed E-state index contributed by atoms with van der Waals surface area (Å²) >= 11 is 2.12. The van der Waals surface area contributed by atoms with E-state index >= 15 is 0 Å². The second kappa shape index (κ2) is 5.50. The number of thioether (sulfide) groups is 1. The second-order valence-electron chi connectivity index (χ2n) is 5.96. The van der Waals surface area contributed by atoms with Crippen LogP contribution in [-0.2, 0) is 0 Å². The molecule has 17 heavy (non-hydrogen) atoms. The molecule has 1 heterocycles. The van der Waals surface area contributed by atoms with E-state index in [1.165, 1.54) is 38.0 Å². The van der Waals surface area contributed by atoms with Crippen LogP contribution in [0.3, 0.4) is 0 Å². The quantitative estimate of drug-likeness (QED) is 0.842.